The molecule has 8 nitrogen and oxygen atoms in total. The molecule has 0 aromatic rings. The van der Waals surface area contributed by atoms with Gasteiger partial charge in [-0.1, -0.05) is 6.92 Å². The van der Waals surface area contributed by atoms with E-state index in [-0.39, 0.29) is 19.3 Å². The highest BCUT2D eigenvalue weighted by Gasteiger charge is 2.26. The standard InChI is InChI=1S/C18H32N2O6/c1-11(10-14(22)26-18(5,6)7)16(24)20-12(15(19)23)8-9-13(21)25-17(2,3)4/h11-12H,8-10H2,1-7H3,(H2,19,23)(H,20,24)/t11-,12-/m0/s1. The van der Waals surface area contributed by atoms with Gasteiger partial charge < -0.3 is 20.5 Å². The molecular formula is C18H32N2O6. The number of hydrogen-bond donors (Lipinski definition) is 2. The smallest absolute Gasteiger partial charge is 0.307 e. The van der Waals surface area contributed by atoms with E-state index < -0.39 is 46.9 Å². The summed E-state index contributed by atoms with van der Waals surface area (Å²) in [7, 11) is 0. The molecule has 3 N–H and O–H groups in total. The number of rotatable bonds is 8. The third kappa shape index (κ3) is 11.4. The zero-order valence-electron chi connectivity index (χ0n) is 16.8. The van der Waals surface area contributed by atoms with E-state index in [1.165, 1.54) is 0 Å². The Bertz CT molecular complexity index is 531. The minimum absolute atomic E-state index is 0.0230. The summed E-state index contributed by atoms with van der Waals surface area (Å²) in [5.74, 6) is -2.97. The second kappa shape index (κ2) is 9.54. The van der Waals surface area contributed by atoms with Crippen molar-refractivity contribution in [2.45, 2.75) is 85.0 Å². The topological polar surface area (TPSA) is 125 Å². The first-order valence-corrected chi connectivity index (χ1v) is 8.64. The number of amides is 2. The maximum absolute atomic E-state index is 12.2. The van der Waals surface area contributed by atoms with Gasteiger partial charge in [0.05, 0.1) is 6.42 Å². The van der Waals surface area contributed by atoms with Crippen LogP contribution in [0.5, 0.6) is 0 Å². The molecule has 0 aliphatic heterocycles. The molecule has 0 heterocycles. The number of primary amides is 1. The maximum Gasteiger partial charge on any atom is 0.307 e. The van der Waals surface area contributed by atoms with Gasteiger partial charge in [-0.2, -0.15) is 0 Å². The number of nitrogens with two attached hydrogens (primary N) is 1. The van der Waals surface area contributed by atoms with E-state index >= 15 is 0 Å². The van der Waals surface area contributed by atoms with Crippen molar-refractivity contribution in [3.8, 4) is 0 Å². The van der Waals surface area contributed by atoms with Crippen molar-refractivity contribution in [1.29, 1.82) is 0 Å². The molecule has 0 aromatic carbocycles. The van der Waals surface area contributed by atoms with Gasteiger partial charge in [0.2, 0.25) is 11.8 Å². The van der Waals surface area contributed by atoms with E-state index in [0.29, 0.717) is 0 Å². The van der Waals surface area contributed by atoms with Gasteiger partial charge in [-0.15, -0.1) is 0 Å². The molecule has 0 aliphatic carbocycles. The molecule has 26 heavy (non-hydrogen) atoms. The summed E-state index contributed by atoms with van der Waals surface area (Å²) in [6.45, 7) is 11.9. The van der Waals surface area contributed by atoms with Crippen LogP contribution in [0.4, 0.5) is 0 Å². The zero-order chi connectivity index (χ0) is 20.7. The summed E-state index contributed by atoms with van der Waals surface area (Å²) in [6.07, 6.45) is -0.165. The Balaban J connectivity index is 4.61. The fraction of sp³-hybridized carbons (Fsp3) is 0.778. The first-order chi connectivity index (χ1) is 11.6. The van der Waals surface area contributed by atoms with Crippen LogP contribution in [0.2, 0.25) is 0 Å². The highest BCUT2D eigenvalue weighted by molar-refractivity contribution is 5.89. The van der Waals surface area contributed by atoms with Crippen molar-refractivity contribution < 1.29 is 28.7 Å². The van der Waals surface area contributed by atoms with E-state index in [2.05, 4.69) is 5.32 Å². The molecular weight excluding hydrogens is 340 g/mol. The largest absolute Gasteiger partial charge is 0.460 e. The number of nitrogens with one attached hydrogen (secondary N) is 1. The molecule has 0 bridgehead atoms. The Morgan fingerprint density at radius 3 is 1.81 bits per heavy atom. The molecule has 0 rings (SSSR count). The zero-order valence-corrected chi connectivity index (χ0v) is 16.8. The van der Waals surface area contributed by atoms with Crippen molar-refractivity contribution >= 4 is 23.8 Å². The summed E-state index contributed by atoms with van der Waals surface area (Å²) in [4.78, 5) is 47.2. The van der Waals surface area contributed by atoms with Crippen LogP contribution in [-0.4, -0.2) is 41.0 Å². The number of hydrogen-bond acceptors (Lipinski definition) is 6. The fourth-order valence-corrected chi connectivity index (χ4v) is 1.98. The monoisotopic (exact) mass is 372 g/mol. The molecule has 0 aromatic heterocycles. The molecule has 2 atom stereocenters. The Hall–Kier alpha value is -2.12. The summed E-state index contributed by atoms with van der Waals surface area (Å²) >= 11 is 0. The summed E-state index contributed by atoms with van der Waals surface area (Å²) in [6, 6.07) is -1.02. The second-order valence-electron chi connectivity index (χ2n) is 8.28. The molecule has 0 unspecified atom stereocenters. The predicted octanol–water partition coefficient (Wildman–Crippen LogP) is 1.45. The van der Waals surface area contributed by atoms with E-state index in [0.717, 1.165) is 0 Å². The fourth-order valence-electron chi connectivity index (χ4n) is 1.98. The lowest BCUT2D eigenvalue weighted by atomic mass is 10.0. The van der Waals surface area contributed by atoms with Gasteiger partial charge in [0.15, 0.2) is 0 Å². The van der Waals surface area contributed by atoms with Gasteiger partial charge in [0.25, 0.3) is 0 Å². The molecule has 0 spiro atoms. The van der Waals surface area contributed by atoms with Gasteiger partial charge in [0, 0.05) is 12.3 Å². The Labute approximate surface area is 155 Å². The molecule has 150 valence electrons. The molecule has 0 aliphatic rings. The van der Waals surface area contributed by atoms with Crippen LogP contribution in [0.15, 0.2) is 0 Å². The summed E-state index contributed by atoms with van der Waals surface area (Å²) < 4.78 is 10.3. The lowest BCUT2D eigenvalue weighted by molar-refractivity contribution is -0.157. The van der Waals surface area contributed by atoms with E-state index in [4.69, 9.17) is 15.2 Å². The summed E-state index contributed by atoms with van der Waals surface area (Å²) in [5, 5.41) is 2.47. The van der Waals surface area contributed by atoms with Crippen molar-refractivity contribution in [1.82, 2.24) is 5.32 Å². The third-order valence-electron chi connectivity index (χ3n) is 3.06. The minimum Gasteiger partial charge on any atom is -0.460 e. The van der Waals surface area contributed by atoms with Crippen LogP contribution < -0.4 is 11.1 Å². The number of ether oxygens (including phenoxy) is 2. The third-order valence-corrected chi connectivity index (χ3v) is 3.06. The molecule has 2 amide bonds. The van der Waals surface area contributed by atoms with Crippen LogP contribution >= 0.6 is 0 Å². The number of carbonyl (C=O) groups is 4. The molecule has 0 radical (unpaired) electrons. The van der Waals surface area contributed by atoms with Gasteiger partial charge in [-0.25, -0.2) is 0 Å². The maximum atomic E-state index is 12.2. The number of carbonyl (C=O) groups excluding carboxylic acids is 4. The number of esters is 2. The van der Waals surface area contributed by atoms with Crippen molar-refractivity contribution in [2.24, 2.45) is 11.7 Å². The van der Waals surface area contributed by atoms with Crippen LogP contribution in [0, 0.1) is 5.92 Å². The lowest BCUT2D eigenvalue weighted by Crippen LogP contribution is -2.47. The van der Waals surface area contributed by atoms with E-state index in [9.17, 15) is 19.2 Å². The molecule has 0 saturated heterocycles. The van der Waals surface area contributed by atoms with E-state index in [1.807, 2.05) is 0 Å². The molecule has 8 heteroatoms. The Morgan fingerprint density at radius 2 is 1.38 bits per heavy atom. The first kappa shape index (κ1) is 23.9. The Kier molecular flexibility index (Phi) is 8.76. The van der Waals surface area contributed by atoms with Crippen LogP contribution in [0.3, 0.4) is 0 Å². The molecule has 0 saturated carbocycles. The van der Waals surface area contributed by atoms with Crippen LogP contribution in [0.1, 0.15) is 67.7 Å². The van der Waals surface area contributed by atoms with E-state index in [1.54, 1.807) is 48.5 Å². The van der Waals surface area contributed by atoms with Crippen molar-refractivity contribution in [3.63, 3.8) is 0 Å². The van der Waals surface area contributed by atoms with Gasteiger partial charge in [-0.3, -0.25) is 19.2 Å². The highest BCUT2D eigenvalue weighted by atomic mass is 16.6. The quantitative estimate of drug-likeness (QED) is 0.621. The van der Waals surface area contributed by atoms with Gasteiger partial charge >= 0.3 is 11.9 Å². The van der Waals surface area contributed by atoms with Crippen molar-refractivity contribution in [2.75, 3.05) is 0 Å². The second-order valence-corrected chi connectivity index (χ2v) is 8.28. The average molecular weight is 372 g/mol. The lowest BCUT2D eigenvalue weighted by Gasteiger charge is -2.22. The predicted molar refractivity (Wildman–Crippen MR) is 95.8 cm³/mol. The molecule has 0 fully saturated rings. The normalized spacial score (nSPS) is 14.1. The Morgan fingerprint density at radius 1 is 0.923 bits per heavy atom. The highest BCUT2D eigenvalue weighted by Crippen LogP contribution is 2.13. The average Bonchev–Trinajstić information content (AvgIpc) is 2.38. The van der Waals surface area contributed by atoms with Crippen LogP contribution in [-0.2, 0) is 28.7 Å². The van der Waals surface area contributed by atoms with Gasteiger partial charge in [0.1, 0.15) is 17.2 Å². The summed E-state index contributed by atoms with van der Waals surface area (Å²) in [5.41, 5.74) is 4.01. The van der Waals surface area contributed by atoms with Crippen LogP contribution in [0.25, 0.3) is 0 Å². The SMILES string of the molecule is C[C@@H](CC(=O)OC(C)(C)C)C(=O)N[C@@H](CCC(=O)OC(C)(C)C)C(N)=O. The van der Waals surface area contributed by atoms with Crippen molar-refractivity contribution in [3.05, 3.63) is 0 Å². The minimum atomic E-state index is -1.02. The van der Waals surface area contributed by atoms with Gasteiger partial charge in [-0.05, 0) is 48.0 Å². The first-order valence-electron chi connectivity index (χ1n) is 8.64.